The van der Waals surface area contributed by atoms with Gasteiger partial charge in [0.2, 0.25) is 11.8 Å². The van der Waals surface area contributed by atoms with E-state index >= 15 is 0 Å². The number of ether oxygens (including phenoxy) is 1. The minimum absolute atomic E-state index is 0.0179. The first-order chi connectivity index (χ1) is 14.5. The van der Waals surface area contributed by atoms with E-state index in [1.54, 1.807) is 36.4 Å². The van der Waals surface area contributed by atoms with E-state index in [9.17, 15) is 14.0 Å². The van der Waals surface area contributed by atoms with Crippen molar-refractivity contribution in [3.05, 3.63) is 59.9 Å². The van der Waals surface area contributed by atoms with Gasteiger partial charge in [0.05, 0.1) is 7.11 Å². The Bertz CT molecular complexity index is 869. The lowest BCUT2D eigenvalue weighted by Crippen LogP contribution is -2.48. The molecule has 0 aliphatic heterocycles. The zero-order valence-electron chi connectivity index (χ0n) is 16.9. The monoisotopic (exact) mass is 432 g/mol. The van der Waals surface area contributed by atoms with Crippen molar-refractivity contribution in [3.8, 4) is 5.75 Å². The second kappa shape index (κ2) is 10.4. The molecule has 2 amide bonds. The van der Waals surface area contributed by atoms with Gasteiger partial charge in [0.25, 0.3) is 0 Å². The van der Waals surface area contributed by atoms with Crippen LogP contribution >= 0.6 is 11.6 Å². The van der Waals surface area contributed by atoms with Gasteiger partial charge in [0, 0.05) is 17.3 Å². The Morgan fingerprint density at radius 1 is 1.13 bits per heavy atom. The second-order valence-corrected chi connectivity index (χ2v) is 7.63. The Balaban J connectivity index is 2.02. The van der Waals surface area contributed by atoms with Crippen molar-refractivity contribution in [1.29, 1.82) is 0 Å². The number of nitrogens with zero attached hydrogens (tertiary/aromatic N) is 1. The van der Waals surface area contributed by atoms with Gasteiger partial charge >= 0.3 is 0 Å². The van der Waals surface area contributed by atoms with E-state index in [2.05, 4.69) is 5.32 Å². The number of amides is 2. The Morgan fingerprint density at radius 2 is 1.80 bits per heavy atom. The van der Waals surface area contributed by atoms with Gasteiger partial charge in [-0.25, -0.2) is 4.39 Å². The number of alkyl halides is 1. The molecule has 0 spiro atoms. The summed E-state index contributed by atoms with van der Waals surface area (Å²) in [5.74, 6) is -1.20. The van der Waals surface area contributed by atoms with Gasteiger partial charge in [-0.05, 0) is 43.2 Å². The molecule has 1 N–H and O–H groups in total. The van der Waals surface area contributed by atoms with E-state index in [0.29, 0.717) is 11.4 Å². The highest BCUT2D eigenvalue weighted by atomic mass is 35.5. The molecular formula is C23H26ClFN2O3. The average molecular weight is 433 g/mol. The summed E-state index contributed by atoms with van der Waals surface area (Å²) < 4.78 is 19.9. The van der Waals surface area contributed by atoms with Crippen molar-refractivity contribution in [2.45, 2.75) is 44.2 Å². The van der Waals surface area contributed by atoms with E-state index in [0.717, 1.165) is 32.1 Å². The standard InChI is InChI=1S/C23H26ClFN2O3/c1-30-18-13-11-17(12-14-18)27(21(28)15-24)22(19-9-5-6-10-20(19)25)23(29)26-16-7-3-2-4-8-16/h5-6,9-14,16,22H,2-4,7-8,15H2,1H3,(H,26,29). The van der Waals surface area contributed by atoms with Gasteiger partial charge < -0.3 is 10.1 Å². The van der Waals surface area contributed by atoms with Crippen molar-refractivity contribution in [2.24, 2.45) is 0 Å². The van der Waals surface area contributed by atoms with Crippen LogP contribution in [-0.4, -0.2) is 30.8 Å². The largest absolute Gasteiger partial charge is 0.497 e. The number of carbonyl (C=O) groups is 2. The van der Waals surface area contributed by atoms with Crippen LogP contribution < -0.4 is 15.0 Å². The lowest BCUT2D eigenvalue weighted by molar-refractivity contribution is -0.126. The molecule has 0 saturated heterocycles. The Kier molecular flexibility index (Phi) is 7.69. The quantitative estimate of drug-likeness (QED) is 0.650. The number of halogens is 2. The summed E-state index contributed by atoms with van der Waals surface area (Å²) in [5, 5.41) is 3.03. The van der Waals surface area contributed by atoms with Crippen molar-refractivity contribution >= 4 is 29.1 Å². The molecule has 0 heterocycles. The van der Waals surface area contributed by atoms with Gasteiger partial charge in [-0.15, -0.1) is 11.6 Å². The summed E-state index contributed by atoms with van der Waals surface area (Å²) in [6.07, 6.45) is 4.98. The lowest BCUT2D eigenvalue weighted by atomic mass is 9.94. The first kappa shape index (κ1) is 22.1. The van der Waals surface area contributed by atoms with Crippen molar-refractivity contribution < 1.29 is 18.7 Å². The maximum absolute atomic E-state index is 14.8. The molecule has 1 fully saturated rings. The molecule has 7 heteroatoms. The van der Waals surface area contributed by atoms with Crippen LogP contribution in [0.4, 0.5) is 10.1 Å². The van der Waals surface area contributed by atoms with Gasteiger partial charge in [0.1, 0.15) is 23.5 Å². The first-order valence-corrected chi connectivity index (χ1v) is 10.7. The Labute approximate surface area is 181 Å². The summed E-state index contributed by atoms with van der Waals surface area (Å²) in [6.45, 7) is 0. The highest BCUT2D eigenvalue weighted by Crippen LogP contribution is 2.31. The molecule has 1 saturated carbocycles. The topological polar surface area (TPSA) is 58.6 Å². The summed E-state index contributed by atoms with van der Waals surface area (Å²) in [7, 11) is 1.54. The minimum Gasteiger partial charge on any atom is -0.497 e. The third-order valence-electron chi connectivity index (χ3n) is 5.39. The molecule has 0 bridgehead atoms. The molecule has 1 atom stereocenters. The van der Waals surface area contributed by atoms with E-state index in [-0.39, 0.29) is 17.5 Å². The van der Waals surface area contributed by atoms with Gasteiger partial charge in [-0.2, -0.15) is 0 Å². The maximum Gasteiger partial charge on any atom is 0.248 e. The van der Waals surface area contributed by atoms with Crippen LogP contribution in [0, 0.1) is 5.82 Å². The average Bonchev–Trinajstić information content (AvgIpc) is 2.78. The van der Waals surface area contributed by atoms with Crippen LogP contribution in [0.5, 0.6) is 5.75 Å². The fourth-order valence-corrected chi connectivity index (χ4v) is 3.99. The highest BCUT2D eigenvalue weighted by Gasteiger charge is 2.35. The molecule has 0 radical (unpaired) electrons. The molecule has 5 nitrogen and oxygen atoms in total. The number of nitrogens with one attached hydrogen (secondary N) is 1. The van der Waals surface area contributed by atoms with E-state index < -0.39 is 23.7 Å². The van der Waals surface area contributed by atoms with Gasteiger partial charge in [-0.1, -0.05) is 37.5 Å². The molecule has 30 heavy (non-hydrogen) atoms. The van der Waals surface area contributed by atoms with E-state index in [1.165, 1.54) is 24.1 Å². The number of rotatable bonds is 7. The van der Waals surface area contributed by atoms with Crippen LogP contribution in [-0.2, 0) is 9.59 Å². The fraction of sp³-hybridized carbons (Fsp3) is 0.391. The van der Waals surface area contributed by atoms with Crippen LogP contribution in [0.3, 0.4) is 0 Å². The zero-order valence-corrected chi connectivity index (χ0v) is 17.7. The summed E-state index contributed by atoms with van der Waals surface area (Å²) in [5.41, 5.74) is 0.564. The lowest BCUT2D eigenvalue weighted by Gasteiger charge is -2.33. The number of carbonyl (C=O) groups excluding carboxylic acids is 2. The number of methoxy groups -OCH3 is 1. The number of anilines is 1. The van der Waals surface area contributed by atoms with Crippen LogP contribution in [0.1, 0.15) is 43.7 Å². The molecule has 1 aliphatic carbocycles. The Hall–Kier alpha value is -2.60. The Morgan fingerprint density at radius 3 is 2.40 bits per heavy atom. The summed E-state index contributed by atoms with van der Waals surface area (Å²) >= 11 is 5.88. The predicted molar refractivity (Wildman–Crippen MR) is 115 cm³/mol. The highest BCUT2D eigenvalue weighted by molar-refractivity contribution is 6.29. The number of hydrogen-bond donors (Lipinski definition) is 1. The van der Waals surface area contributed by atoms with Crippen molar-refractivity contribution in [1.82, 2.24) is 5.32 Å². The normalized spacial score (nSPS) is 15.3. The molecular weight excluding hydrogens is 407 g/mol. The SMILES string of the molecule is COc1ccc(N(C(=O)CCl)C(C(=O)NC2CCCCC2)c2ccccc2F)cc1. The molecule has 160 valence electrons. The third-order valence-corrected chi connectivity index (χ3v) is 5.62. The zero-order chi connectivity index (χ0) is 21.5. The minimum atomic E-state index is -1.17. The summed E-state index contributed by atoms with van der Waals surface area (Å²) in [4.78, 5) is 27.5. The van der Waals surface area contributed by atoms with Crippen LogP contribution in [0.2, 0.25) is 0 Å². The van der Waals surface area contributed by atoms with E-state index in [1.807, 2.05) is 0 Å². The second-order valence-electron chi connectivity index (χ2n) is 7.36. The molecule has 1 aliphatic rings. The van der Waals surface area contributed by atoms with Crippen molar-refractivity contribution in [2.75, 3.05) is 17.9 Å². The summed E-state index contributed by atoms with van der Waals surface area (Å²) in [6, 6.07) is 11.5. The van der Waals surface area contributed by atoms with Crippen molar-refractivity contribution in [3.63, 3.8) is 0 Å². The maximum atomic E-state index is 14.8. The molecule has 2 aromatic rings. The predicted octanol–water partition coefficient (Wildman–Crippen LogP) is 4.60. The number of benzene rings is 2. The van der Waals surface area contributed by atoms with Crippen LogP contribution in [0.15, 0.2) is 48.5 Å². The number of hydrogen-bond acceptors (Lipinski definition) is 3. The van der Waals surface area contributed by atoms with Gasteiger partial charge in [-0.3, -0.25) is 14.5 Å². The third kappa shape index (κ3) is 5.11. The fourth-order valence-electron chi connectivity index (χ4n) is 3.87. The van der Waals surface area contributed by atoms with Crippen LogP contribution in [0.25, 0.3) is 0 Å². The smallest absolute Gasteiger partial charge is 0.248 e. The molecule has 0 aromatic heterocycles. The van der Waals surface area contributed by atoms with Gasteiger partial charge in [0.15, 0.2) is 0 Å². The molecule has 1 unspecified atom stereocenters. The molecule has 3 rings (SSSR count). The first-order valence-electron chi connectivity index (χ1n) is 10.1. The molecule has 2 aromatic carbocycles. The van der Waals surface area contributed by atoms with E-state index in [4.69, 9.17) is 16.3 Å².